The quantitative estimate of drug-likeness (QED) is 0.530. The third-order valence-electron chi connectivity index (χ3n) is 2.19. The Bertz CT molecular complexity index is 453. The van der Waals surface area contributed by atoms with Gasteiger partial charge in [-0.3, -0.25) is 0 Å². The van der Waals surface area contributed by atoms with E-state index >= 15 is 0 Å². The van der Waals surface area contributed by atoms with Crippen molar-refractivity contribution in [3.05, 3.63) is 48.5 Å². The average molecular weight is 196 g/mol. The normalized spacial score (nSPS) is 12.3. The summed E-state index contributed by atoms with van der Waals surface area (Å²) in [7, 11) is 0. The molecule has 3 heteroatoms. The van der Waals surface area contributed by atoms with Crippen molar-refractivity contribution in [2.24, 2.45) is 10.2 Å². The van der Waals surface area contributed by atoms with E-state index in [0.717, 1.165) is 22.9 Å². The van der Waals surface area contributed by atoms with Gasteiger partial charge in [0.25, 0.3) is 0 Å². The van der Waals surface area contributed by atoms with Crippen LogP contribution < -0.4 is 4.74 Å². The van der Waals surface area contributed by atoms with E-state index in [1.807, 2.05) is 48.5 Å². The zero-order valence-corrected chi connectivity index (χ0v) is 7.92. The highest BCUT2D eigenvalue weighted by molar-refractivity contribution is 5.47. The first kappa shape index (κ1) is 8.17. The summed E-state index contributed by atoms with van der Waals surface area (Å²) in [5.74, 6) is 1.62. The van der Waals surface area contributed by atoms with Gasteiger partial charge in [0.15, 0.2) is 0 Å². The van der Waals surface area contributed by atoms with E-state index in [2.05, 4.69) is 10.2 Å². The second-order valence-corrected chi connectivity index (χ2v) is 3.29. The molecule has 4 bridgehead atoms. The van der Waals surface area contributed by atoms with Crippen LogP contribution in [0.5, 0.6) is 11.5 Å². The van der Waals surface area contributed by atoms with E-state index in [9.17, 15) is 0 Å². The van der Waals surface area contributed by atoms with Crippen molar-refractivity contribution in [2.75, 3.05) is 0 Å². The van der Waals surface area contributed by atoms with E-state index in [0.29, 0.717) is 0 Å². The van der Waals surface area contributed by atoms with Crippen LogP contribution in [0.15, 0.2) is 58.8 Å². The van der Waals surface area contributed by atoms with Crippen molar-refractivity contribution in [2.45, 2.75) is 0 Å². The Kier molecular flexibility index (Phi) is 1.75. The van der Waals surface area contributed by atoms with Gasteiger partial charge in [-0.05, 0) is 48.5 Å². The molecule has 2 aromatic rings. The van der Waals surface area contributed by atoms with Crippen LogP contribution in [0.2, 0.25) is 0 Å². The maximum atomic E-state index is 5.63. The molecule has 3 nitrogen and oxygen atoms in total. The molecule has 0 aliphatic carbocycles. The van der Waals surface area contributed by atoms with Crippen LogP contribution in [0.1, 0.15) is 0 Å². The van der Waals surface area contributed by atoms with Crippen LogP contribution in [0, 0.1) is 0 Å². The summed E-state index contributed by atoms with van der Waals surface area (Å²) in [6.45, 7) is 0. The van der Waals surface area contributed by atoms with Crippen molar-refractivity contribution in [3.8, 4) is 11.5 Å². The third-order valence-corrected chi connectivity index (χ3v) is 2.19. The van der Waals surface area contributed by atoms with Gasteiger partial charge in [0, 0.05) is 0 Å². The number of nitrogens with zero attached hydrogens (tertiary/aromatic N) is 2. The third kappa shape index (κ3) is 1.59. The lowest BCUT2D eigenvalue weighted by Crippen LogP contribution is -1.81. The van der Waals surface area contributed by atoms with E-state index < -0.39 is 0 Å². The summed E-state index contributed by atoms with van der Waals surface area (Å²) in [5, 5.41) is 8.22. The van der Waals surface area contributed by atoms with Crippen LogP contribution in [0.3, 0.4) is 0 Å². The molecule has 0 N–H and O–H groups in total. The molecule has 0 saturated carbocycles. The van der Waals surface area contributed by atoms with E-state index in [4.69, 9.17) is 4.74 Å². The highest BCUT2D eigenvalue weighted by Gasteiger charge is 2.00. The molecule has 2 aromatic carbocycles. The van der Waals surface area contributed by atoms with Crippen molar-refractivity contribution in [1.29, 1.82) is 0 Å². The zero-order chi connectivity index (χ0) is 10.1. The van der Waals surface area contributed by atoms with Gasteiger partial charge in [-0.25, -0.2) is 0 Å². The summed E-state index contributed by atoms with van der Waals surface area (Å²) in [6.07, 6.45) is 0. The van der Waals surface area contributed by atoms with Crippen molar-refractivity contribution in [1.82, 2.24) is 0 Å². The molecule has 0 amide bonds. The fraction of sp³-hybridized carbons (Fsp3) is 0. The number of azo groups is 1. The predicted octanol–water partition coefficient (Wildman–Crippen LogP) is 4.21. The molecule has 0 atom stereocenters. The summed E-state index contributed by atoms with van der Waals surface area (Å²) >= 11 is 0. The van der Waals surface area contributed by atoms with Crippen LogP contribution in [-0.2, 0) is 0 Å². The summed E-state index contributed by atoms with van der Waals surface area (Å²) in [5.41, 5.74) is 1.65. The Morgan fingerprint density at radius 1 is 0.600 bits per heavy atom. The Hall–Kier alpha value is -2.16. The van der Waals surface area contributed by atoms with Crippen molar-refractivity contribution < 1.29 is 4.74 Å². The molecule has 0 spiro atoms. The molecule has 0 aromatic heterocycles. The largest absolute Gasteiger partial charge is 0.457 e. The molecular weight excluding hydrogens is 188 g/mol. The minimum Gasteiger partial charge on any atom is -0.457 e. The zero-order valence-electron chi connectivity index (χ0n) is 7.92. The minimum absolute atomic E-state index is 0.809. The number of benzene rings is 2. The van der Waals surface area contributed by atoms with Crippen LogP contribution in [0.4, 0.5) is 11.4 Å². The predicted molar refractivity (Wildman–Crippen MR) is 57.1 cm³/mol. The molecule has 15 heavy (non-hydrogen) atoms. The van der Waals surface area contributed by atoms with Gasteiger partial charge in [0.05, 0.1) is 11.4 Å². The number of rotatable bonds is 0. The second kappa shape index (κ2) is 3.20. The Morgan fingerprint density at radius 2 is 1.00 bits per heavy atom. The van der Waals surface area contributed by atoms with Gasteiger partial charge >= 0.3 is 0 Å². The first-order valence-electron chi connectivity index (χ1n) is 4.70. The Labute approximate surface area is 87.0 Å². The van der Waals surface area contributed by atoms with Gasteiger partial charge in [-0.15, -0.1) is 0 Å². The highest BCUT2D eigenvalue weighted by atomic mass is 16.5. The summed E-state index contributed by atoms with van der Waals surface area (Å²) in [6, 6.07) is 15.0. The Balaban J connectivity index is 2.20. The van der Waals surface area contributed by atoms with Crippen LogP contribution in [0.25, 0.3) is 0 Å². The average Bonchev–Trinajstić information content (AvgIpc) is 2.39. The lowest BCUT2D eigenvalue weighted by atomic mass is 10.3. The number of hydrogen-bond donors (Lipinski definition) is 0. The fourth-order valence-corrected chi connectivity index (χ4v) is 1.41. The Morgan fingerprint density at radius 3 is 1.40 bits per heavy atom. The molecule has 0 unspecified atom stereocenters. The van der Waals surface area contributed by atoms with Crippen LogP contribution >= 0.6 is 0 Å². The molecule has 4 heterocycles. The number of hydrogen-bond acceptors (Lipinski definition) is 3. The highest BCUT2D eigenvalue weighted by Crippen LogP contribution is 2.28. The van der Waals surface area contributed by atoms with Gasteiger partial charge in [0.1, 0.15) is 11.5 Å². The van der Waals surface area contributed by atoms with Crippen molar-refractivity contribution in [3.63, 3.8) is 0 Å². The molecule has 0 fully saturated rings. The van der Waals surface area contributed by atoms with Crippen molar-refractivity contribution >= 4 is 11.4 Å². The monoisotopic (exact) mass is 196 g/mol. The topological polar surface area (TPSA) is 34.0 Å². The molecule has 0 saturated heterocycles. The first-order chi connectivity index (χ1) is 7.40. The van der Waals surface area contributed by atoms with E-state index in [1.165, 1.54) is 0 Å². The fourth-order valence-electron chi connectivity index (χ4n) is 1.41. The lowest BCUT2D eigenvalue weighted by molar-refractivity contribution is 0.483. The van der Waals surface area contributed by atoms with Gasteiger partial charge in [-0.2, -0.15) is 10.2 Å². The summed E-state index contributed by atoms with van der Waals surface area (Å²) < 4.78 is 5.63. The molecule has 4 aliphatic rings. The van der Waals surface area contributed by atoms with Crippen LogP contribution in [-0.4, -0.2) is 0 Å². The molecule has 4 aliphatic heterocycles. The molecule has 0 radical (unpaired) electrons. The maximum absolute atomic E-state index is 5.63. The summed E-state index contributed by atoms with van der Waals surface area (Å²) in [4.78, 5) is 0. The van der Waals surface area contributed by atoms with Gasteiger partial charge in [-0.1, -0.05) is 0 Å². The lowest BCUT2D eigenvalue weighted by Gasteiger charge is -2.04. The smallest absolute Gasteiger partial charge is 0.127 e. The van der Waals surface area contributed by atoms with Gasteiger partial charge in [0.2, 0.25) is 0 Å². The SMILES string of the molecule is c1cc2ccc1N=Nc1ccc(cc1)O2. The standard InChI is InChI=1S/C12H8N2O/c1-5-11-6-2-9(1)13-14-10-3-7-12(15-11)8-4-10/h1-8H. The molecular formula is C12H8N2O. The second-order valence-electron chi connectivity index (χ2n) is 3.29. The molecule has 72 valence electrons. The first-order valence-corrected chi connectivity index (χ1v) is 4.70. The van der Waals surface area contributed by atoms with E-state index in [-0.39, 0.29) is 0 Å². The van der Waals surface area contributed by atoms with E-state index in [1.54, 1.807) is 0 Å². The molecule has 6 rings (SSSR count). The van der Waals surface area contributed by atoms with Gasteiger partial charge < -0.3 is 4.74 Å². The maximum Gasteiger partial charge on any atom is 0.127 e. The number of ether oxygens (including phenoxy) is 1. The minimum atomic E-state index is 0.809.